The smallest absolute Gasteiger partial charge is 0.339 e. The van der Waals surface area contributed by atoms with Crippen molar-refractivity contribution in [3.63, 3.8) is 0 Å². The molecule has 3 aromatic rings. The van der Waals surface area contributed by atoms with Crippen LogP contribution in [0.15, 0.2) is 46.9 Å². The van der Waals surface area contributed by atoms with E-state index < -0.39 is 5.97 Å². The summed E-state index contributed by atoms with van der Waals surface area (Å²) in [5.74, 6) is 0.265. The molecule has 0 fully saturated rings. The molecule has 0 aliphatic rings. The number of ether oxygens (including phenoxy) is 1. The molecule has 0 unspecified atom stereocenters. The number of nitrogens with zero attached hydrogens (tertiary/aromatic N) is 3. The second kappa shape index (κ2) is 8.83. The van der Waals surface area contributed by atoms with Gasteiger partial charge in [0.25, 0.3) is 0 Å². The molecule has 0 spiro atoms. The molecular weight excluding hydrogens is 384 g/mol. The number of methoxy groups -OCH3 is 1. The molecule has 27 heavy (non-hydrogen) atoms. The van der Waals surface area contributed by atoms with E-state index in [0.29, 0.717) is 22.8 Å². The van der Waals surface area contributed by atoms with Crippen LogP contribution in [0.2, 0.25) is 0 Å². The summed E-state index contributed by atoms with van der Waals surface area (Å²) in [6.07, 6.45) is 0.709. The van der Waals surface area contributed by atoms with Gasteiger partial charge in [0.2, 0.25) is 5.91 Å². The van der Waals surface area contributed by atoms with Gasteiger partial charge >= 0.3 is 5.97 Å². The Bertz CT molecular complexity index is 938. The molecule has 2 aromatic heterocycles. The minimum atomic E-state index is -0.495. The number of thiophene rings is 1. The van der Waals surface area contributed by atoms with Gasteiger partial charge < -0.3 is 14.6 Å². The van der Waals surface area contributed by atoms with Crippen LogP contribution >= 0.6 is 23.1 Å². The molecular formula is C18H18N4O3S2. The summed E-state index contributed by atoms with van der Waals surface area (Å²) in [5, 5.41) is 13.8. The molecule has 1 aromatic carbocycles. The zero-order valence-electron chi connectivity index (χ0n) is 14.8. The van der Waals surface area contributed by atoms with Crippen molar-refractivity contribution in [3.8, 4) is 0 Å². The predicted octanol–water partition coefficient (Wildman–Crippen LogP) is 2.98. The van der Waals surface area contributed by atoms with E-state index in [2.05, 4.69) is 21.6 Å². The number of carbonyl (C=O) groups excluding carboxylic acids is 2. The molecule has 0 radical (unpaired) electrons. The number of carbonyl (C=O) groups is 2. The van der Waals surface area contributed by atoms with Crippen LogP contribution in [-0.2, 0) is 23.0 Å². The summed E-state index contributed by atoms with van der Waals surface area (Å²) in [4.78, 5) is 25.3. The second-order valence-corrected chi connectivity index (χ2v) is 7.56. The third-order valence-electron chi connectivity index (χ3n) is 3.78. The normalized spacial score (nSPS) is 10.6. The lowest BCUT2D eigenvalue weighted by atomic mass is 10.2. The molecule has 3 rings (SSSR count). The summed E-state index contributed by atoms with van der Waals surface area (Å²) >= 11 is 2.96. The Balaban J connectivity index is 1.60. The topological polar surface area (TPSA) is 86.1 Å². The van der Waals surface area contributed by atoms with E-state index in [4.69, 9.17) is 4.74 Å². The van der Waals surface area contributed by atoms with Gasteiger partial charge in [-0.25, -0.2) is 4.79 Å². The summed E-state index contributed by atoms with van der Waals surface area (Å²) in [6, 6.07) is 10.8. The van der Waals surface area contributed by atoms with Crippen molar-refractivity contribution in [3.05, 3.63) is 58.0 Å². The highest BCUT2D eigenvalue weighted by Crippen LogP contribution is 2.20. The molecule has 1 N–H and O–H groups in total. The van der Waals surface area contributed by atoms with Crippen LogP contribution in [0.3, 0.4) is 0 Å². The van der Waals surface area contributed by atoms with Gasteiger partial charge in [-0.05, 0) is 23.6 Å². The van der Waals surface area contributed by atoms with Crippen molar-refractivity contribution >= 4 is 40.7 Å². The number of hydrogen-bond acceptors (Lipinski definition) is 7. The zero-order chi connectivity index (χ0) is 19.2. The molecule has 140 valence electrons. The fourth-order valence-corrected chi connectivity index (χ4v) is 3.82. The first-order chi connectivity index (χ1) is 13.1. The van der Waals surface area contributed by atoms with Gasteiger partial charge in [-0.15, -0.1) is 21.5 Å². The number of anilines is 1. The Morgan fingerprint density at radius 2 is 2.04 bits per heavy atom. The average Bonchev–Trinajstić information content (AvgIpc) is 3.31. The number of amides is 1. The van der Waals surface area contributed by atoms with Crippen molar-refractivity contribution in [2.75, 3.05) is 18.2 Å². The van der Waals surface area contributed by atoms with Gasteiger partial charge in [0.05, 0.1) is 24.1 Å². The van der Waals surface area contributed by atoms with Gasteiger partial charge in [-0.2, -0.15) is 0 Å². The maximum absolute atomic E-state index is 12.3. The van der Waals surface area contributed by atoms with Crippen molar-refractivity contribution in [1.29, 1.82) is 0 Å². The van der Waals surface area contributed by atoms with Crippen molar-refractivity contribution < 1.29 is 14.3 Å². The van der Waals surface area contributed by atoms with Crippen molar-refractivity contribution in [1.82, 2.24) is 14.8 Å². The van der Waals surface area contributed by atoms with Gasteiger partial charge in [-0.1, -0.05) is 30.0 Å². The number of rotatable bonds is 7. The third kappa shape index (κ3) is 4.75. The van der Waals surface area contributed by atoms with E-state index in [-0.39, 0.29) is 11.7 Å². The van der Waals surface area contributed by atoms with Crippen LogP contribution in [0.1, 0.15) is 21.1 Å². The number of aromatic nitrogens is 3. The van der Waals surface area contributed by atoms with Gasteiger partial charge in [0.15, 0.2) is 5.16 Å². The summed E-state index contributed by atoms with van der Waals surface area (Å²) in [7, 11) is 3.19. The van der Waals surface area contributed by atoms with Gasteiger partial charge in [0, 0.05) is 18.3 Å². The monoisotopic (exact) mass is 402 g/mol. The standard InChI is InChI=1S/C18H18N4O3S2/c1-22-15(10-12-6-5-9-26-12)20-21-18(22)27-11-16(23)19-14-8-4-3-7-13(14)17(24)25-2/h3-9H,10-11H2,1-2H3,(H,19,23). The molecule has 7 nitrogen and oxygen atoms in total. The van der Waals surface area contributed by atoms with Crippen LogP contribution < -0.4 is 5.32 Å². The molecule has 0 aliphatic carbocycles. The molecule has 0 saturated heterocycles. The number of thioether (sulfide) groups is 1. The Hall–Kier alpha value is -2.65. The lowest BCUT2D eigenvalue weighted by Gasteiger charge is -2.09. The average molecular weight is 403 g/mol. The van der Waals surface area contributed by atoms with E-state index in [9.17, 15) is 9.59 Å². The number of nitrogens with one attached hydrogen (secondary N) is 1. The molecule has 0 aliphatic heterocycles. The highest BCUT2D eigenvalue weighted by Gasteiger charge is 2.15. The largest absolute Gasteiger partial charge is 0.465 e. The Morgan fingerprint density at radius 3 is 2.78 bits per heavy atom. The number of para-hydroxylation sites is 1. The molecule has 0 atom stereocenters. The first-order valence-electron chi connectivity index (χ1n) is 8.09. The predicted molar refractivity (Wildman–Crippen MR) is 105 cm³/mol. The van der Waals surface area contributed by atoms with Gasteiger partial charge in [-0.3, -0.25) is 4.79 Å². The van der Waals surface area contributed by atoms with Crippen LogP contribution in [0.4, 0.5) is 5.69 Å². The van der Waals surface area contributed by atoms with Crippen LogP contribution in [0.25, 0.3) is 0 Å². The van der Waals surface area contributed by atoms with E-state index in [1.54, 1.807) is 35.6 Å². The lowest BCUT2D eigenvalue weighted by Crippen LogP contribution is -2.17. The maximum atomic E-state index is 12.3. The van der Waals surface area contributed by atoms with Crippen LogP contribution in [-0.4, -0.2) is 39.5 Å². The Morgan fingerprint density at radius 1 is 1.22 bits per heavy atom. The molecule has 0 bridgehead atoms. The fraction of sp³-hybridized carbons (Fsp3) is 0.222. The van der Waals surface area contributed by atoms with Crippen molar-refractivity contribution in [2.24, 2.45) is 7.05 Å². The van der Waals surface area contributed by atoms with E-state index >= 15 is 0 Å². The fourth-order valence-electron chi connectivity index (χ4n) is 2.39. The first-order valence-corrected chi connectivity index (χ1v) is 9.95. The second-order valence-electron chi connectivity index (χ2n) is 5.59. The first kappa shape index (κ1) is 19.1. The number of hydrogen-bond donors (Lipinski definition) is 1. The maximum Gasteiger partial charge on any atom is 0.339 e. The SMILES string of the molecule is COC(=O)c1ccccc1NC(=O)CSc1nnc(Cc2cccs2)n1C. The quantitative estimate of drug-likeness (QED) is 0.483. The van der Waals surface area contributed by atoms with E-state index in [1.807, 2.05) is 23.1 Å². The summed E-state index contributed by atoms with van der Waals surface area (Å²) in [5.41, 5.74) is 0.738. The van der Waals surface area contributed by atoms with Crippen LogP contribution in [0.5, 0.6) is 0 Å². The molecule has 2 heterocycles. The van der Waals surface area contributed by atoms with E-state index in [0.717, 1.165) is 5.82 Å². The highest BCUT2D eigenvalue weighted by atomic mass is 32.2. The number of esters is 1. The summed E-state index contributed by atoms with van der Waals surface area (Å²) < 4.78 is 6.62. The molecule has 9 heteroatoms. The van der Waals surface area contributed by atoms with Crippen molar-refractivity contribution in [2.45, 2.75) is 11.6 Å². The molecule has 1 amide bonds. The highest BCUT2D eigenvalue weighted by molar-refractivity contribution is 7.99. The Labute approximate surface area is 164 Å². The van der Waals surface area contributed by atoms with Crippen LogP contribution in [0, 0.1) is 0 Å². The minimum absolute atomic E-state index is 0.153. The minimum Gasteiger partial charge on any atom is -0.465 e. The third-order valence-corrected chi connectivity index (χ3v) is 5.67. The lowest BCUT2D eigenvalue weighted by molar-refractivity contribution is -0.113. The van der Waals surface area contributed by atoms with E-state index in [1.165, 1.54) is 23.7 Å². The zero-order valence-corrected chi connectivity index (χ0v) is 16.5. The number of benzene rings is 1. The van der Waals surface area contributed by atoms with Gasteiger partial charge in [0.1, 0.15) is 5.82 Å². The molecule has 0 saturated carbocycles. The Kier molecular flexibility index (Phi) is 6.25. The summed E-state index contributed by atoms with van der Waals surface area (Å²) in [6.45, 7) is 0.